The van der Waals surface area contributed by atoms with Gasteiger partial charge in [0.1, 0.15) is 6.04 Å². The largest absolute Gasteiger partial charge is 0.480 e. The summed E-state index contributed by atoms with van der Waals surface area (Å²) in [6.45, 7) is -0.0623. The van der Waals surface area contributed by atoms with Gasteiger partial charge >= 0.3 is 12.1 Å². The van der Waals surface area contributed by atoms with Crippen LogP contribution in [0.2, 0.25) is 5.02 Å². The second-order valence-corrected chi connectivity index (χ2v) is 7.11. The Balaban J connectivity index is 2.50. The minimum Gasteiger partial charge on any atom is -0.480 e. The van der Waals surface area contributed by atoms with Crippen LogP contribution >= 0.6 is 11.6 Å². The van der Waals surface area contributed by atoms with Gasteiger partial charge in [-0.05, 0) is 31.0 Å². The molecule has 1 fully saturated rings. The smallest absolute Gasteiger partial charge is 0.416 e. The van der Waals surface area contributed by atoms with Gasteiger partial charge in [0, 0.05) is 11.6 Å². The minimum absolute atomic E-state index is 0.0623. The minimum atomic E-state index is -4.76. The van der Waals surface area contributed by atoms with Gasteiger partial charge in [0.2, 0.25) is 10.0 Å². The van der Waals surface area contributed by atoms with Crippen molar-refractivity contribution in [3.05, 3.63) is 28.8 Å². The third kappa shape index (κ3) is 3.21. The van der Waals surface area contributed by atoms with Crippen LogP contribution in [0, 0.1) is 0 Å². The number of sulfonamides is 1. The van der Waals surface area contributed by atoms with E-state index >= 15 is 0 Å². The number of rotatable bonds is 3. The van der Waals surface area contributed by atoms with Crippen LogP contribution in [-0.4, -0.2) is 36.4 Å². The van der Waals surface area contributed by atoms with Crippen LogP contribution in [0.5, 0.6) is 0 Å². The van der Waals surface area contributed by atoms with E-state index in [1.807, 2.05) is 0 Å². The molecule has 0 radical (unpaired) electrons. The fourth-order valence-corrected chi connectivity index (χ4v) is 4.31. The molecule has 1 atom stereocenters. The lowest BCUT2D eigenvalue weighted by Gasteiger charge is -2.21. The molecule has 1 aliphatic heterocycles. The molecule has 0 bridgehead atoms. The van der Waals surface area contributed by atoms with Crippen LogP contribution in [-0.2, 0) is 21.0 Å². The standard InChI is InChI=1S/C12H11ClF3NO4S/c13-8-4-7(12(14,15)16)5-9(6-8)22(20,21)17-3-1-2-10(17)11(18)19/h4-6,10H,1-3H2,(H,18,19)/t10-/m0/s1. The average Bonchev–Trinajstić information content (AvgIpc) is 2.86. The van der Waals surface area contributed by atoms with E-state index in [0.29, 0.717) is 22.9 Å². The van der Waals surface area contributed by atoms with Crippen molar-refractivity contribution < 1.29 is 31.5 Å². The highest BCUT2D eigenvalue weighted by Crippen LogP contribution is 2.35. The highest BCUT2D eigenvalue weighted by Gasteiger charge is 2.40. The van der Waals surface area contributed by atoms with Crippen molar-refractivity contribution in [3.63, 3.8) is 0 Å². The number of carboxylic acid groups (broad SMARTS) is 1. The predicted molar refractivity (Wildman–Crippen MR) is 71.0 cm³/mol. The molecule has 1 heterocycles. The second kappa shape index (κ2) is 5.71. The van der Waals surface area contributed by atoms with Gasteiger partial charge in [-0.2, -0.15) is 17.5 Å². The average molecular weight is 358 g/mol. The van der Waals surface area contributed by atoms with Crippen molar-refractivity contribution in [2.24, 2.45) is 0 Å². The van der Waals surface area contributed by atoms with Gasteiger partial charge in [-0.15, -0.1) is 0 Å². The van der Waals surface area contributed by atoms with Gasteiger partial charge in [-0.1, -0.05) is 11.6 Å². The summed E-state index contributed by atoms with van der Waals surface area (Å²) in [5, 5.41) is 8.63. The van der Waals surface area contributed by atoms with Crippen LogP contribution in [0.25, 0.3) is 0 Å². The van der Waals surface area contributed by atoms with E-state index < -0.39 is 38.7 Å². The van der Waals surface area contributed by atoms with Gasteiger partial charge in [-0.25, -0.2) is 8.42 Å². The van der Waals surface area contributed by atoms with Crippen molar-refractivity contribution >= 4 is 27.6 Å². The van der Waals surface area contributed by atoms with Crippen molar-refractivity contribution in [1.29, 1.82) is 0 Å². The van der Waals surface area contributed by atoms with E-state index in [1.165, 1.54) is 0 Å². The van der Waals surface area contributed by atoms with Gasteiger partial charge < -0.3 is 5.11 Å². The third-order valence-electron chi connectivity index (χ3n) is 3.29. The maximum atomic E-state index is 12.8. The molecule has 0 amide bonds. The Labute approximate surface area is 129 Å². The van der Waals surface area contributed by atoms with Crippen molar-refractivity contribution in [1.82, 2.24) is 4.31 Å². The molecule has 0 spiro atoms. The zero-order valence-electron chi connectivity index (χ0n) is 11.0. The molecule has 0 saturated carbocycles. The first-order chi connectivity index (χ1) is 10.0. The summed E-state index contributed by atoms with van der Waals surface area (Å²) in [4.78, 5) is 10.4. The van der Waals surface area contributed by atoms with Crippen LogP contribution in [0.1, 0.15) is 18.4 Å². The fraction of sp³-hybridized carbons (Fsp3) is 0.417. The monoisotopic (exact) mass is 357 g/mol. The number of carbonyl (C=O) groups is 1. The molecule has 122 valence electrons. The number of nitrogens with zero attached hydrogens (tertiary/aromatic N) is 1. The summed E-state index contributed by atoms with van der Waals surface area (Å²) in [6, 6.07) is 0.666. The molecule has 1 aromatic carbocycles. The van der Waals surface area contributed by atoms with Gasteiger partial charge in [-0.3, -0.25) is 4.79 Å². The molecule has 10 heteroatoms. The molecule has 1 aromatic rings. The van der Waals surface area contributed by atoms with E-state index in [4.69, 9.17) is 16.7 Å². The SMILES string of the molecule is O=C(O)[C@@H]1CCCN1S(=O)(=O)c1cc(Cl)cc(C(F)(F)F)c1. The Hall–Kier alpha value is -1.32. The maximum absolute atomic E-state index is 12.8. The summed E-state index contributed by atoms with van der Waals surface area (Å²) in [5.74, 6) is -1.33. The van der Waals surface area contributed by atoms with Crippen LogP contribution < -0.4 is 0 Å². The predicted octanol–water partition coefficient (Wildman–Crippen LogP) is 2.60. The molecular weight excluding hydrogens is 347 g/mol. The molecule has 2 rings (SSSR count). The molecule has 0 aliphatic carbocycles. The lowest BCUT2D eigenvalue weighted by Crippen LogP contribution is -2.40. The zero-order valence-corrected chi connectivity index (χ0v) is 12.5. The first-order valence-electron chi connectivity index (χ1n) is 6.16. The summed E-state index contributed by atoms with van der Waals surface area (Å²) in [5.41, 5.74) is -1.20. The zero-order chi connectivity index (χ0) is 16.7. The Morgan fingerprint density at radius 3 is 2.50 bits per heavy atom. The number of benzene rings is 1. The van der Waals surface area contributed by atoms with Crippen LogP contribution in [0.3, 0.4) is 0 Å². The lowest BCUT2D eigenvalue weighted by molar-refractivity contribution is -0.141. The Morgan fingerprint density at radius 1 is 1.32 bits per heavy atom. The number of alkyl halides is 3. The Bertz CT molecular complexity index is 705. The Morgan fingerprint density at radius 2 is 1.95 bits per heavy atom. The van der Waals surface area contributed by atoms with E-state index in [9.17, 15) is 26.4 Å². The normalized spacial score (nSPS) is 20.3. The summed E-state index contributed by atoms with van der Waals surface area (Å²) < 4.78 is 63.8. The second-order valence-electron chi connectivity index (χ2n) is 4.79. The topological polar surface area (TPSA) is 74.7 Å². The van der Waals surface area contributed by atoms with Crippen LogP contribution in [0.15, 0.2) is 23.1 Å². The molecule has 1 saturated heterocycles. The highest BCUT2D eigenvalue weighted by atomic mass is 35.5. The fourth-order valence-electron chi connectivity index (χ4n) is 2.29. The lowest BCUT2D eigenvalue weighted by atomic mass is 10.2. The van der Waals surface area contributed by atoms with Crippen LogP contribution in [0.4, 0.5) is 13.2 Å². The third-order valence-corrected chi connectivity index (χ3v) is 5.40. The van der Waals surface area contributed by atoms with Gasteiger partial charge in [0.25, 0.3) is 0 Å². The summed E-state index contributed by atoms with van der Waals surface area (Å²) >= 11 is 5.57. The number of aliphatic carboxylic acids is 1. The summed E-state index contributed by atoms with van der Waals surface area (Å²) in [7, 11) is -4.37. The van der Waals surface area contributed by atoms with Gasteiger partial charge in [0.15, 0.2) is 0 Å². The van der Waals surface area contributed by atoms with E-state index in [-0.39, 0.29) is 18.0 Å². The van der Waals surface area contributed by atoms with E-state index in [2.05, 4.69) is 0 Å². The molecule has 22 heavy (non-hydrogen) atoms. The van der Waals surface area contributed by atoms with Gasteiger partial charge in [0.05, 0.1) is 10.5 Å². The molecule has 5 nitrogen and oxygen atoms in total. The molecule has 0 aromatic heterocycles. The van der Waals surface area contributed by atoms with Crippen molar-refractivity contribution in [3.8, 4) is 0 Å². The summed E-state index contributed by atoms with van der Waals surface area (Å²) in [6.07, 6.45) is -4.32. The molecule has 1 aliphatic rings. The van der Waals surface area contributed by atoms with Crippen molar-refractivity contribution in [2.45, 2.75) is 30.0 Å². The van der Waals surface area contributed by atoms with E-state index in [1.54, 1.807) is 0 Å². The number of carboxylic acids is 1. The Kier molecular flexibility index (Phi) is 4.42. The number of hydrogen-bond donors (Lipinski definition) is 1. The van der Waals surface area contributed by atoms with E-state index in [0.717, 1.165) is 6.07 Å². The first kappa shape index (κ1) is 17.0. The van der Waals surface area contributed by atoms with Crippen molar-refractivity contribution in [2.75, 3.05) is 6.54 Å². The first-order valence-corrected chi connectivity index (χ1v) is 7.98. The molecule has 0 unspecified atom stereocenters. The highest BCUT2D eigenvalue weighted by molar-refractivity contribution is 7.89. The quantitative estimate of drug-likeness (QED) is 0.902. The number of halogens is 4. The molecule has 1 N–H and O–H groups in total. The number of hydrogen-bond acceptors (Lipinski definition) is 3. The molecular formula is C12H11ClF3NO4S. The maximum Gasteiger partial charge on any atom is 0.416 e.